The van der Waals surface area contributed by atoms with Gasteiger partial charge in [0.2, 0.25) is 0 Å². The number of benzene rings is 3. The second-order valence-electron chi connectivity index (χ2n) is 10.9. The fourth-order valence-corrected chi connectivity index (χ4v) is 5.02. The standard InChI is InChI=1S/C33H40N2O8/c1-21(41-22(2)37)32(40)34-17-23-7-13-26(14-8-23)33-42-29(16-31(43-33)25-11-9-24(20-36)10-12-25)18-35(3)19-30(39)27-5-4-6-28(38)15-27/h4-15,21,29-31,33,36,38-39H,16-20H2,1-3H3,(H,34,40)/t21-,29-,30+,31+,33+/m0/s1. The lowest BCUT2D eigenvalue weighted by Gasteiger charge is -2.38. The molecular weight excluding hydrogens is 552 g/mol. The van der Waals surface area contributed by atoms with Crippen LogP contribution >= 0.6 is 0 Å². The minimum absolute atomic E-state index is 0.0397. The van der Waals surface area contributed by atoms with Gasteiger partial charge >= 0.3 is 5.97 Å². The zero-order valence-electron chi connectivity index (χ0n) is 24.7. The van der Waals surface area contributed by atoms with Gasteiger partial charge < -0.3 is 39.7 Å². The Labute approximate surface area is 251 Å². The number of hydrogen-bond acceptors (Lipinski definition) is 9. The summed E-state index contributed by atoms with van der Waals surface area (Å²) in [6, 6.07) is 21.8. The van der Waals surface area contributed by atoms with Gasteiger partial charge in [0, 0.05) is 38.5 Å². The van der Waals surface area contributed by atoms with Crippen molar-refractivity contribution in [3.63, 3.8) is 0 Å². The molecule has 43 heavy (non-hydrogen) atoms. The Morgan fingerprint density at radius 1 is 1.02 bits per heavy atom. The Kier molecular flexibility index (Phi) is 11.3. The van der Waals surface area contributed by atoms with Crippen LogP contribution in [0.25, 0.3) is 0 Å². The molecule has 0 bridgehead atoms. The minimum atomic E-state index is -0.875. The highest BCUT2D eigenvalue weighted by Gasteiger charge is 2.33. The third kappa shape index (κ3) is 9.34. The van der Waals surface area contributed by atoms with Gasteiger partial charge in [-0.3, -0.25) is 9.59 Å². The molecule has 1 aliphatic heterocycles. The molecular formula is C33H40N2O8. The van der Waals surface area contributed by atoms with Crippen molar-refractivity contribution in [3.05, 3.63) is 101 Å². The first-order valence-electron chi connectivity index (χ1n) is 14.3. The maximum Gasteiger partial charge on any atom is 0.303 e. The van der Waals surface area contributed by atoms with E-state index in [-0.39, 0.29) is 37.0 Å². The topological polar surface area (TPSA) is 138 Å². The SMILES string of the molecule is CC(=O)O[C@@H](C)C(=O)NCc1ccc([C@@H]2O[C@H](CN(C)C[C@@H](O)c3cccc(O)c3)C[C@H](c3ccc(CO)cc3)O2)cc1. The zero-order valence-corrected chi connectivity index (χ0v) is 24.7. The summed E-state index contributed by atoms with van der Waals surface area (Å²) in [6.07, 6.45) is -2.20. The molecule has 0 saturated carbocycles. The molecule has 1 heterocycles. The van der Waals surface area contributed by atoms with E-state index in [9.17, 15) is 24.9 Å². The summed E-state index contributed by atoms with van der Waals surface area (Å²) in [4.78, 5) is 25.3. The average Bonchev–Trinajstić information content (AvgIpc) is 2.99. The molecule has 4 rings (SSSR count). The monoisotopic (exact) mass is 592 g/mol. The predicted octanol–water partition coefficient (Wildman–Crippen LogP) is 3.66. The molecule has 1 aliphatic rings. The van der Waals surface area contributed by atoms with Gasteiger partial charge in [-0.05, 0) is 48.4 Å². The fraction of sp³-hybridized carbons (Fsp3) is 0.394. The third-order valence-corrected chi connectivity index (χ3v) is 7.30. The molecule has 1 fully saturated rings. The second-order valence-corrected chi connectivity index (χ2v) is 10.9. The number of aliphatic hydroxyl groups is 2. The Hall–Kier alpha value is -3.80. The van der Waals surface area contributed by atoms with Crippen LogP contribution in [0.5, 0.6) is 5.75 Å². The van der Waals surface area contributed by atoms with Gasteiger partial charge in [-0.2, -0.15) is 0 Å². The van der Waals surface area contributed by atoms with Crippen LogP contribution in [-0.4, -0.2) is 64.4 Å². The fourth-order valence-electron chi connectivity index (χ4n) is 5.02. The number of nitrogens with one attached hydrogen (secondary N) is 1. The molecule has 5 atom stereocenters. The molecule has 0 aromatic heterocycles. The molecule has 10 heteroatoms. The molecule has 1 saturated heterocycles. The van der Waals surface area contributed by atoms with Crippen molar-refractivity contribution < 1.29 is 39.1 Å². The lowest BCUT2D eigenvalue weighted by Crippen LogP contribution is -2.39. The van der Waals surface area contributed by atoms with Crippen molar-refractivity contribution in [1.82, 2.24) is 10.2 Å². The number of ether oxygens (including phenoxy) is 3. The van der Waals surface area contributed by atoms with E-state index in [1.165, 1.54) is 13.8 Å². The zero-order chi connectivity index (χ0) is 30.9. The van der Waals surface area contributed by atoms with E-state index < -0.39 is 24.5 Å². The molecule has 10 nitrogen and oxygen atoms in total. The molecule has 3 aromatic carbocycles. The molecule has 4 N–H and O–H groups in total. The largest absolute Gasteiger partial charge is 0.508 e. The predicted molar refractivity (Wildman–Crippen MR) is 159 cm³/mol. The highest BCUT2D eigenvalue weighted by molar-refractivity contribution is 5.82. The summed E-state index contributed by atoms with van der Waals surface area (Å²) in [5.74, 6) is -0.788. The number of hydrogen-bond donors (Lipinski definition) is 4. The second kappa shape index (κ2) is 15.1. The Bertz CT molecular complexity index is 1350. The van der Waals surface area contributed by atoms with Gasteiger partial charge in [0.25, 0.3) is 5.91 Å². The van der Waals surface area contributed by atoms with Crippen LogP contribution in [0, 0.1) is 0 Å². The van der Waals surface area contributed by atoms with E-state index in [0.29, 0.717) is 25.1 Å². The summed E-state index contributed by atoms with van der Waals surface area (Å²) in [5, 5.41) is 32.7. The maximum atomic E-state index is 12.2. The third-order valence-electron chi connectivity index (χ3n) is 7.30. The van der Waals surface area contributed by atoms with Gasteiger partial charge in [0.15, 0.2) is 12.4 Å². The summed E-state index contributed by atoms with van der Waals surface area (Å²) in [5.41, 5.74) is 4.09. The lowest BCUT2D eigenvalue weighted by molar-refractivity contribution is -0.252. The molecule has 0 radical (unpaired) electrons. The minimum Gasteiger partial charge on any atom is -0.508 e. The number of phenolic OH excluding ortho intramolecular Hbond substituents is 1. The number of carbonyl (C=O) groups is 2. The van der Waals surface area contributed by atoms with Crippen LogP contribution in [0.3, 0.4) is 0 Å². The Balaban J connectivity index is 1.44. The van der Waals surface area contributed by atoms with Gasteiger partial charge in [-0.15, -0.1) is 0 Å². The molecule has 230 valence electrons. The normalized spacial score (nSPS) is 19.9. The summed E-state index contributed by atoms with van der Waals surface area (Å²) in [6.45, 7) is 3.89. The first-order chi connectivity index (χ1) is 20.6. The van der Waals surface area contributed by atoms with Gasteiger partial charge in [-0.1, -0.05) is 60.7 Å². The number of carbonyl (C=O) groups excluding carboxylic acids is 2. The van der Waals surface area contributed by atoms with Crippen LogP contribution in [0.2, 0.25) is 0 Å². The van der Waals surface area contributed by atoms with E-state index >= 15 is 0 Å². The lowest BCUT2D eigenvalue weighted by atomic mass is 9.99. The maximum absolute atomic E-state index is 12.2. The van der Waals surface area contributed by atoms with Crippen molar-refractivity contribution in [1.29, 1.82) is 0 Å². The average molecular weight is 593 g/mol. The smallest absolute Gasteiger partial charge is 0.303 e. The van der Waals surface area contributed by atoms with E-state index in [2.05, 4.69) is 5.32 Å². The van der Waals surface area contributed by atoms with Gasteiger partial charge in [-0.25, -0.2) is 0 Å². The van der Waals surface area contributed by atoms with Crippen molar-refractivity contribution >= 4 is 11.9 Å². The van der Waals surface area contributed by atoms with Crippen LogP contribution in [-0.2, 0) is 37.0 Å². The first kappa shape index (κ1) is 32.1. The molecule has 0 aliphatic carbocycles. The Morgan fingerprint density at radius 2 is 1.70 bits per heavy atom. The first-order valence-corrected chi connectivity index (χ1v) is 14.3. The Morgan fingerprint density at radius 3 is 2.35 bits per heavy atom. The van der Waals surface area contributed by atoms with Crippen LogP contribution < -0.4 is 5.32 Å². The number of aliphatic hydroxyl groups excluding tert-OH is 2. The molecule has 0 unspecified atom stereocenters. The summed E-state index contributed by atoms with van der Waals surface area (Å²) >= 11 is 0. The number of likely N-dealkylation sites (N-methyl/N-ethyl adjacent to an activating group) is 1. The number of phenols is 1. The van der Waals surface area contributed by atoms with E-state index in [4.69, 9.17) is 14.2 Å². The van der Waals surface area contributed by atoms with Gasteiger partial charge in [0.05, 0.1) is 24.9 Å². The van der Waals surface area contributed by atoms with Crippen LogP contribution in [0.4, 0.5) is 0 Å². The number of aromatic hydroxyl groups is 1. The number of nitrogens with zero attached hydrogens (tertiary/aromatic N) is 1. The molecule has 0 spiro atoms. The quantitative estimate of drug-likeness (QED) is 0.232. The van der Waals surface area contributed by atoms with Crippen molar-refractivity contribution in [2.45, 2.75) is 64.1 Å². The number of esters is 1. The molecule has 3 aromatic rings. The van der Waals surface area contributed by atoms with E-state index in [0.717, 1.165) is 22.3 Å². The van der Waals surface area contributed by atoms with Crippen LogP contribution in [0.15, 0.2) is 72.8 Å². The summed E-state index contributed by atoms with van der Waals surface area (Å²) < 4.78 is 17.7. The summed E-state index contributed by atoms with van der Waals surface area (Å²) in [7, 11) is 1.91. The highest BCUT2D eigenvalue weighted by Crippen LogP contribution is 2.38. The van der Waals surface area contributed by atoms with E-state index in [1.54, 1.807) is 24.3 Å². The van der Waals surface area contributed by atoms with Crippen molar-refractivity contribution in [2.24, 2.45) is 0 Å². The van der Waals surface area contributed by atoms with Crippen LogP contribution in [0.1, 0.15) is 66.6 Å². The van der Waals surface area contributed by atoms with Crippen molar-refractivity contribution in [3.8, 4) is 5.75 Å². The van der Waals surface area contributed by atoms with Gasteiger partial charge in [0.1, 0.15) is 5.75 Å². The highest BCUT2D eigenvalue weighted by atomic mass is 16.7. The molecule has 1 amide bonds. The van der Waals surface area contributed by atoms with Crippen molar-refractivity contribution in [2.75, 3.05) is 20.1 Å². The van der Waals surface area contributed by atoms with E-state index in [1.807, 2.05) is 60.5 Å². The number of rotatable bonds is 12. The number of amides is 1.